The number of nitrogens with one attached hydrogen (secondary N) is 2. The molecule has 6 heteroatoms. The lowest BCUT2D eigenvalue weighted by atomic mass is 10.1. The molecule has 0 aromatic heterocycles. The second-order valence-electron chi connectivity index (χ2n) is 6.93. The minimum atomic E-state index is -0.287. The Labute approximate surface area is 175 Å². The van der Waals surface area contributed by atoms with Crippen LogP contribution in [-0.2, 0) is 0 Å². The smallest absolute Gasteiger partial charge is 0.255 e. The Morgan fingerprint density at radius 1 is 1.11 bits per heavy atom. The zero-order chi connectivity index (χ0) is 20.5. The van der Waals surface area contributed by atoms with Crippen molar-refractivity contribution in [2.45, 2.75) is 33.6 Å². The van der Waals surface area contributed by atoms with Gasteiger partial charge in [0, 0.05) is 12.1 Å². The third-order valence-corrected chi connectivity index (χ3v) is 4.72. The number of amides is 2. The summed E-state index contributed by atoms with van der Waals surface area (Å²) < 4.78 is 6.48. The fourth-order valence-corrected chi connectivity index (χ4v) is 2.98. The van der Waals surface area contributed by atoms with Crippen LogP contribution in [0.3, 0.4) is 0 Å². The van der Waals surface area contributed by atoms with E-state index < -0.39 is 0 Å². The van der Waals surface area contributed by atoms with Gasteiger partial charge in [-0.3, -0.25) is 9.59 Å². The summed E-state index contributed by atoms with van der Waals surface area (Å²) in [7, 11) is 0. The third kappa shape index (κ3) is 6.37. The first-order valence-corrected chi connectivity index (χ1v) is 10.3. The maximum atomic E-state index is 12.7. The molecule has 2 amide bonds. The Morgan fingerprint density at radius 3 is 2.54 bits per heavy atom. The Balaban J connectivity index is 2.09. The predicted octanol–water partition coefficient (Wildman–Crippen LogP) is 5.27. The maximum absolute atomic E-state index is 12.7. The lowest BCUT2D eigenvalue weighted by Gasteiger charge is -2.13. The molecule has 0 heterocycles. The summed E-state index contributed by atoms with van der Waals surface area (Å²) in [4.78, 5) is 25.0. The van der Waals surface area contributed by atoms with E-state index in [-0.39, 0.29) is 11.8 Å². The van der Waals surface area contributed by atoms with Gasteiger partial charge >= 0.3 is 0 Å². The average molecular weight is 447 g/mol. The topological polar surface area (TPSA) is 67.4 Å². The van der Waals surface area contributed by atoms with Crippen LogP contribution in [0.4, 0.5) is 5.69 Å². The van der Waals surface area contributed by atoms with Crippen LogP contribution in [0.5, 0.6) is 5.75 Å². The molecule has 0 fully saturated rings. The van der Waals surface area contributed by atoms with Gasteiger partial charge in [-0.1, -0.05) is 32.9 Å². The van der Waals surface area contributed by atoms with Crippen molar-refractivity contribution in [1.82, 2.24) is 5.32 Å². The molecular formula is C22H27BrN2O3. The van der Waals surface area contributed by atoms with Crippen LogP contribution in [-0.4, -0.2) is 25.0 Å². The molecule has 0 aliphatic carbocycles. The van der Waals surface area contributed by atoms with Crippen molar-refractivity contribution in [3.63, 3.8) is 0 Å². The molecule has 0 atom stereocenters. The molecule has 2 N–H and O–H groups in total. The van der Waals surface area contributed by atoms with Crippen LogP contribution in [0.25, 0.3) is 0 Å². The number of halogens is 1. The molecule has 2 rings (SSSR count). The molecule has 28 heavy (non-hydrogen) atoms. The highest BCUT2D eigenvalue weighted by molar-refractivity contribution is 9.10. The summed E-state index contributed by atoms with van der Waals surface area (Å²) in [6.07, 6.45) is 1.81. The molecule has 0 bridgehead atoms. The maximum Gasteiger partial charge on any atom is 0.255 e. The SMILES string of the molecule is CCCNC(=O)c1ccccc1NC(=O)c1ccc(OCCC(C)C)c(Br)c1. The zero-order valence-corrected chi connectivity index (χ0v) is 18.1. The van der Waals surface area contributed by atoms with Crippen molar-refractivity contribution in [2.24, 2.45) is 5.92 Å². The number of benzene rings is 2. The van der Waals surface area contributed by atoms with Gasteiger partial charge < -0.3 is 15.4 Å². The van der Waals surface area contributed by atoms with Gasteiger partial charge in [-0.05, 0) is 65.0 Å². The van der Waals surface area contributed by atoms with Crippen LogP contribution < -0.4 is 15.4 Å². The van der Waals surface area contributed by atoms with Crippen molar-refractivity contribution in [2.75, 3.05) is 18.5 Å². The molecule has 0 spiro atoms. The van der Waals surface area contributed by atoms with E-state index in [0.717, 1.165) is 17.3 Å². The average Bonchev–Trinajstić information content (AvgIpc) is 2.67. The van der Waals surface area contributed by atoms with Crippen LogP contribution >= 0.6 is 15.9 Å². The van der Waals surface area contributed by atoms with Gasteiger partial charge in [-0.25, -0.2) is 0 Å². The fraction of sp³-hybridized carbons (Fsp3) is 0.364. The highest BCUT2D eigenvalue weighted by Gasteiger charge is 2.15. The second-order valence-corrected chi connectivity index (χ2v) is 7.79. The van der Waals surface area contributed by atoms with Crippen molar-refractivity contribution >= 4 is 33.4 Å². The van der Waals surface area contributed by atoms with Gasteiger partial charge in [-0.15, -0.1) is 0 Å². The van der Waals surface area contributed by atoms with Crippen LogP contribution in [0.1, 0.15) is 54.3 Å². The lowest BCUT2D eigenvalue weighted by Crippen LogP contribution is -2.25. The van der Waals surface area contributed by atoms with Crippen molar-refractivity contribution in [1.29, 1.82) is 0 Å². The molecule has 0 aliphatic heterocycles. The molecular weight excluding hydrogens is 420 g/mol. The van der Waals surface area contributed by atoms with Gasteiger partial charge in [0.2, 0.25) is 0 Å². The standard InChI is InChI=1S/C22H27BrN2O3/c1-4-12-24-22(27)17-7-5-6-8-19(17)25-21(26)16-9-10-20(18(23)14-16)28-13-11-15(2)3/h5-10,14-15H,4,11-13H2,1-3H3,(H,24,27)(H,25,26). The van der Waals surface area contributed by atoms with E-state index in [2.05, 4.69) is 40.4 Å². The normalized spacial score (nSPS) is 10.6. The molecule has 150 valence electrons. The fourth-order valence-electron chi connectivity index (χ4n) is 2.48. The van der Waals surface area contributed by atoms with E-state index in [4.69, 9.17) is 4.74 Å². The first-order chi connectivity index (χ1) is 13.4. The molecule has 0 radical (unpaired) electrons. The predicted molar refractivity (Wildman–Crippen MR) is 116 cm³/mol. The first-order valence-electron chi connectivity index (χ1n) is 9.53. The Morgan fingerprint density at radius 2 is 1.86 bits per heavy atom. The van der Waals surface area contributed by atoms with E-state index in [1.165, 1.54) is 0 Å². The van der Waals surface area contributed by atoms with E-state index in [1.54, 1.807) is 42.5 Å². The molecule has 2 aromatic rings. The number of carbonyl (C=O) groups excluding carboxylic acids is 2. The van der Waals surface area contributed by atoms with Crippen LogP contribution in [0.2, 0.25) is 0 Å². The molecule has 0 saturated heterocycles. The Kier molecular flexibility index (Phi) is 8.51. The van der Waals surface area contributed by atoms with Gasteiger partial charge in [-0.2, -0.15) is 0 Å². The lowest BCUT2D eigenvalue weighted by molar-refractivity contribution is 0.0954. The van der Waals surface area contributed by atoms with Crippen molar-refractivity contribution in [3.8, 4) is 5.75 Å². The third-order valence-electron chi connectivity index (χ3n) is 4.10. The highest BCUT2D eigenvalue weighted by atomic mass is 79.9. The number of anilines is 1. The van der Waals surface area contributed by atoms with Crippen LogP contribution in [0.15, 0.2) is 46.9 Å². The molecule has 0 saturated carbocycles. The molecule has 2 aromatic carbocycles. The number of ether oxygens (including phenoxy) is 1. The van der Waals surface area contributed by atoms with Crippen LogP contribution in [0, 0.1) is 5.92 Å². The molecule has 0 aliphatic rings. The van der Waals surface area contributed by atoms with E-state index in [0.29, 0.717) is 41.6 Å². The second kappa shape index (κ2) is 10.9. The van der Waals surface area contributed by atoms with E-state index in [1.807, 2.05) is 6.92 Å². The van der Waals surface area contributed by atoms with Gasteiger partial charge in [0.25, 0.3) is 11.8 Å². The summed E-state index contributed by atoms with van der Waals surface area (Å²) in [5.74, 6) is 0.785. The highest BCUT2D eigenvalue weighted by Crippen LogP contribution is 2.27. The number of para-hydroxylation sites is 1. The summed E-state index contributed by atoms with van der Waals surface area (Å²) in [5, 5.41) is 5.66. The first kappa shape index (κ1) is 22.0. The number of rotatable bonds is 9. The quantitative estimate of drug-likeness (QED) is 0.551. The minimum absolute atomic E-state index is 0.201. The molecule has 5 nitrogen and oxygen atoms in total. The molecule has 0 unspecified atom stereocenters. The van der Waals surface area contributed by atoms with Gasteiger partial charge in [0.1, 0.15) is 5.75 Å². The number of hydrogen-bond acceptors (Lipinski definition) is 3. The summed E-state index contributed by atoms with van der Waals surface area (Å²) in [6.45, 7) is 7.49. The number of carbonyl (C=O) groups is 2. The van der Waals surface area contributed by atoms with E-state index in [9.17, 15) is 9.59 Å². The Bertz CT molecular complexity index is 821. The Hall–Kier alpha value is -2.34. The van der Waals surface area contributed by atoms with E-state index >= 15 is 0 Å². The summed E-state index contributed by atoms with van der Waals surface area (Å²) in [6, 6.07) is 12.2. The van der Waals surface area contributed by atoms with Gasteiger partial charge in [0.05, 0.1) is 22.3 Å². The van der Waals surface area contributed by atoms with Crippen molar-refractivity contribution < 1.29 is 14.3 Å². The monoisotopic (exact) mass is 446 g/mol. The minimum Gasteiger partial charge on any atom is -0.492 e. The summed E-state index contributed by atoms with van der Waals surface area (Å²) >= 11 is 3.47. The largest absolute Gasteiger partial charge is 0.492 e. The summed E-state index contributed by atoms with van der Waals surface area (Å²) in [5.41, 5.74) is 1.40. The van der Waals surface area contributed by atoms with Crippen molar-refractivity contribution in [3.05, 3.63) is 58.1 Å². The van der Waals surface area contributed by atoms with Gasteiger partial charge in [0.15, 0.2) is 0 Å². The zero-order valence-electron chi connectivity index (χ0n) is 16.5. The number of hydrogen-bond donors (Lipinski definition) is 2.